The number of nitrogens with zero attached hydrogens (tertiary/aromatic N) is 1. The van der Waals surface area contributed by atoms with Crippen molar-refractivity contribution in [2.45, 2.75) is 6.92 Å². The Hall–Kier alpha value is -2.11. The summed E-state index contributed by atoms with van der Waals surface area (Å²) in [6, 6.07) is 1.13. The molecule has 0 aliphatic rings. The molecule has 0 aliphatic heterocycles. The standard InChI is InChI=1S/C8H9N3O3/c1-3-4(8(13)14)2-5(7(10)12)6(9)11-3/h2H,1H3,(H2,9,11)(H2,10,12)(H,13,14). The van der Waals surface area contributed by atoms with E-state index in [0.29, 0.717) is 0 Å². The first-order valence-corrected chi connectivity index (χ1v) is 3.73. The minimum atomic E-state index is -1.17. The van der Waals surface area contributed by atoms with Gasteiger partial charge in [-0.15, -0.1) is 0 Å². The van der Waals surface area contributed by atoms with E-state index in [1.165, 1.54) is 6.92 Å². The van der Waals surface area contributed by atoms with E-state index in [4.69, 9.17) is 16.6 Å². The lowest BCUT2D eigenvalue weighted by Gasteiger charge is -2.05. The molecular weight excluding hydrogens is 186 g/mol. The largest absolute Gasteiger partial charge is 0.478 e. The van der Waals surface area contributed by atoms with Gasteiger partial charge in [0, 0.05) is 0 Å². The molecule has 74 valence electrons. The van der Waals surface area contributed by atoms with Crippen molar-refractivity contribution in [2.24, 2.45) is 5.73 Å². The fourth-order valence-corrected chi connectivity index (χ4v) is 1.04. The number of pyridine rings is 1. The van der Waals surface area contributed by atoms with Crippen molar-refractivity contribution in [3.05, 3.63) is 22.9 Å². The number of hydrogen-bond acceptors (Lipinski definition) is 4. The van der Waals surface area contributed by atoms with E-state index >= 15 is 0 Å². The van der Waals surface area contributed by atoms with Crippen LogP contribution in [0.25, 0.3) is 0 Å². The quantitative estimate of drug-likeness (QED) is 0.602. The minimum absolute atomic E-state index is 0.0556. The zero-order valence-corrected chi connectivity index (χ0v) is 7.44. The van der Waals surface area contributed by atoms with Gasteiger partial charge in [0.15, 0.2) is 0 Å². The Morgan fingerprint density at radius 3 is 2.43 bits per heavy atom. The van der Waals surface area contributed by atoms with E-state index < -0.39 is 11.9 Å². The molecule has 0 aliphatic carbocycles. The normalized spacial score (nSPS) is 9.79. The summed E-state index contributed by atoms with van der Waals surface area (Å²) in [7, 11) is 0. The molecule has 0 spiro atoms. The maximum absolute atomic E-state index is 10.8. The molecule has 6 nitrogen and oxygen atoms in total. The second-order valence-electron chi connectivity index (χ2n) is 2.72. The highest BCUT2D eigenvalue weighted by molar-refractivity contribution is 6.00. The number of rotatable bonds is 2. The van der Waals surface area contributed by atoms with Crippen molar-refractivity contribution < 1.29 is 14.7 Å². The molecule has 6 heteroatoms. The van der Waals surface area contributed by atoms with Gasteiger partial charge in [-0.3, -0.25) is 4.79 Å². The number of aromatic nitrogens is 1. The zero-order chi connectivity index (χ0) is 10.9. The number of anilines is 1. The Kier molecular flexibility index (Phi) is 2.37. The number of carboxylic acid groups (broad SMARTS) is 1. The van der Waals surface area contributed by atoms with Gasteiger partial charge in [-0.05, 0) is 13.0 Å². The first-order valence-electron chi connectivity index (χ1n) is 3.73. The van der Waals surface area contributed by atoms with Crippen molar-refractivity contribution in [3.63, 3.8) is 0 Å². The van der Waals surface area contributed by atoms with Crippen molar-refractivity contribution in [1.82, 2.24) is 4.98 Å². The number of carboxylic acids is 1. The van der Waals surface area contributed by atoms with Crippen LogP contribution in [-0.2, 0) is 0 Å². The third kappa shape index (κ3) is 1.63. The van der Waals surface area contributed by atoms with Crippen LogP contribution in [0.3, 0.4) is 0 Å². The molecule has 5 N–H and O–H groups in total. The number of amides is 1. The zero-order valence-electron chi connectivity index (χ0n) is 7.44. The van der Waals surface area contributed by atoms with Crippen LogP contribution in [-0.4, -0.2) is 22.0 Å². The first-order chi connectivity index (χ1) is 6.43. The van der Waals surface area contributed by atoms with E-state index in [2.05, 4.69) is 4.98 Å². The predicted molar refractivity (Wildman–Crippen MR) is 48.9 cm³/mol. The van der Waals surface area contributed by atoms with E-state index in [9.17, 15) is 9.59 Å². The molecular formula is C8H9N3O3. The molecule has 0 bridgehead atoms. The molecule has 0 saturated carbocycles. The summed E-state index contributed by atoms with van der Waals surface area (Å²) in [4.78, 5) is 25.2. The van der Waals surface area contributed by atoms with Crippen LogP contribution < -0.4 is 11.5 Å². The summed E-state index contributed by atoms with van der Waals surface area (Å²) >= 11 is 0. The van der Waals surface area contributed by atoms with Gasteiger partial charge in [0.05, 0.1) is 16.8 Å². The van der Waals surface area contributed by atoms with Crippen molar-refractivity contribution in [2.75, 3.05) is 5.73 Å². The fraction of sp³-hybridized carbons (Fsp3) is 0.125. The van der Waals surface area contributed by atoms with Crippen LogP contribution in [0.5, 0.6) is 0 Å². The first kappa shape index (κ1) is 9.97. The van der Waals surface area contributed by atoms with Gasteiger partial charge < -0.3 is 16.6 Å². The van der Waals surface area contributed by atoms with Crippen LogP contribution in [0, 0.1) is 6.92 Å². The number of aryl methyl sites for hydroxylation is 1. The van der Waals surface area contributed by atoms with E-state index in [0.717, 1.165) is 6.07 Å². The minimum Gasteiger partial charge on any atom is -0.478 e. The Balaban J connectivity index is 3.42. The van der Waals surface area contributed by atoms with Crippen molar-refractivity contribution in [3.8, 4) is 0 Å². The van der Waals surface area contributed by atoms with Gasteiger partial charge in [-0.2, -0.15) is 0 Å². The van der Waals surface area contributed by atoms with Gasteiger partial charge >= 0.3 is 5.97 Å². The summed E-state index contributed by atoms with van der Waals surface area (Å²) in [5.74, 6) is -2.02. The number of hydrogen-bond donors (Lipinski definition) is 3. The number of carbonyl (C=O) groups is 2. The highest BCUT2D eigenvalue weighted by atomic mass is 16.4. The summed E-state index contributed by atoms with van der Waals surface area (Å²) in [5, 5.41) is 8.73. The highest BCUT2D eigenvalue weighted by Gasteiger charge is 2.15. The van der Waals surface area contributed by atoms with Gasteiger partial charge in [-0.25, -0.2) is 9.78 Å². The van der Waals surface area contributed by atoms with Crippen LogP contribution in [0.15, 0.2) is 6.07 Å². The van der Waals surface area contributed by atoms with Crippen molar-refractivity contribution in [1.29, 1.82) is 0 Å². The molecule has 0 aromatic carbocycles. The lowest BCUT2D eigenvalue weighted by Crippen LogP contribution is -2.17. The van der Waals surface area contributed by atoms with E-state index in [-0.39, 0.29) is 22.6 Å². The molecule has 0 fully saturated rings. The van der Waals surface area contributed by atoms with Crippen LogP contribution in [0.1, 0.15) is 26.4 Å². The number of aromatic carboxylic acids is 1. The fourth-order valence-electron chi connectivity index (χ4n) is 1.04. The number of carbonyl (C=O) groups excluding carboxylic acids is 1. The van der Waals surface area contributed by atoms with E-state index in [1.807, 2.05) is 0 Å². The van der Waals surface area contributed by atoms with Crippen LogP contribution in [0.2, 0.25) is 0 Å². The van der Waals surface area contributed by atoms with Crippen LogP contribution in [0.4, 0.5) is 5.82 Å². The summed E-state index contributed by atoms with van der Waals surface area (Å²) in [6.07, 6.45) is 0. The molecule has 1 aromatic heterocycles. The summed E-state index contributed by atoms with van der Waals surface area (Å²) in [5.41, 5.74) is 10.5. The van der Waals surface area contributed by atoms with Gasteiger partial charge in [-0.1, -0.05) is 0 Å². The molecule has 1 heterocycles. The molecule has 1 aromatic rings. The Labute approximate surface area is 79.5 Å². The second kappa shape index (κ2) is 3.33. The maximum atomic E-state index is 10.8. The lowest BCUT2D eigenvalue weighted by atomic mass is 10.1. The molecule has 1 amide bonds. The highest BCUT2D eigenvalue weighted by Crippen LogP contribution is 2.14. The molecule has 0 saturated heterocycles. The number of nitrogen functional groups attached to an aromatic ring is 1. The average Bonchev–Trinajstić information content (AvgIpc) is 2.02. The molecule has 0 radical (unpaired) electrons. The Bertz CT molecular complexity index is 379. The van der Waals surface area contributed by atoms with Crippen LogP contribution >= 0.6 is 0 Å². The topological polar surface area (TPSA) is 119 Å². The third-order valence-electron chi connectivity index (χ3n) is 1.74. The monoisotopic (exact) mass is 195 g/mol. The third-order valence-corrected chi connectivity index (χ3v) is 1.74. The second-order valence-corrected chi connectivity index (χ2v) is 2.72. The van der Waals surface area contributed by atoms with Gasteiger partial charge in [0.2, 0.25) is 0 Å². The smallest absolute Gasteiger partial charge is 0.337 e. The van der Waals surface area contributed by atoms with Gasteiger partial charge in [0.25, 0.3) is 5.91 Å². The molecule has 0 atom stereocenters. The molecule has 14 heavy (non-hydrogen) atoms. The SMILES string of the molecule is Cc1nc(N)c(C(N)=O)cc1C(=O)O. The predicted octanol–water partition coefficient (Wildman–Crippen LogP) is -0.231. The Morgan fingerprint density at radius 2 is 2.00 bits per heavy atom. The summed E-state index contributed by atoms with van der Waals surface area (Å²) in [6.45, 7) is 1.49. The van der Waals surface area contributed by atoms with E-state index in [1.54, 1.807) is 0 Å². The maximum Gasteiger partial charge on any atom is 0.337 e. The number of primary amides is 1. The van der Waals surface area contributed by atoms with Crippen molar-refractivity contribution >= 4 is 17.7 Å². The molecule has 1 rings (SSSR count). The summed E-state index contributed by atoms with van der Waals surface area (Å²) < 4.78 is 0. The van der Waals surface area contributed by atoms with Gasteiger partial charge in [0.1, 0.15) is 5.82 Å². The average molecular weight is 195 g/mol. The molecule has 0 unspecified atom stereocenters. The Morgan fingerprint density at radius 1 is 1.43 bits per heavy atom. The number of nitrogens with two attached hydrogens (primary N) is 2. The lowest BCUT2D eigenvalue weighted by molar-refractivity contribution is 0.0695.